The van der Waals surface area contributed by atoms with Crippen LogP contribution in [0.2, 0.25) is 5.02 Å². The fraction of sp³-hybridized carbons (Fsp3) is 0.429. The number of nitrogens with zero attached hydrogens (tertiary/aromatic N) is 2. The Morgan fingerprint density at radius 3 is 2.57 bits per heavy atom. The number of halogens is 1. The van der Waals surface area contributed by atoms with Crippen LogP contribution in [0.3, 0.4) is 0 Å². The molecule has 1 unspecified atom stereocenters. The van der Waals surface area contributed by atoms with Gasteiger partial charge in [-0.15, -0.1) is 0 Å². The van der Waals surface area contributed by atoms with Crippen LogP contribution in [-0.2, 0) is 11.3 Å². The lowest BCUT2D eigenvalue weighted by Crippen LogP contribution is -2.36. The van der Waals surface area contributed by atoms with Gasteiger partial charge in [-0.2, -0.15) is 0 Å². The highest BCUT2D eigenvalue weighted by Crippen LogP contribution is 2.27. The lowest BCUT2D eigenvalue weighted by Gasteiger charge is -2.20. The van der Waals surface area contributed by atoms with Crippen molar-refractivity contribution in [2.24, 2.45) is 5.92 Å². The zero-order chi connectivity index (χ0) is 24.9. The minimum absolute atomic E-state index is 0.0178. The number of nitrogens with one attached hydrogen (secondary N) is 1. The summed E-state index contributed by atoms with van der Waals surface area (Å²) in [4.78, 5) is 28.7. The van der Waals surface area contributed by atoms with E-state index in [1.54, 1.807) is 18.2 Å². The van der Waals surface area contributed by atoms with Gasteiger partial charge in [-0.3, -0.25) is 14.2 Å². The molecule has 4 rings (SSSR count). The van der Waals surface area contributed by atoms with Crippen LogP contribution in [0.25, 0.3) is 22.0 Å². The maximum Gasteiger partial charge on any atom is 0.259 e. The number of aromatic nitrogens is 1. The van der Waals surface area contributed by atoms with Gasteiger partial charge in [-0.1, -0.05) is 36.7 Å². The largest absolute Gasteiger partial charge is 0.493 e. The second-order valence-electron chi connectivity index (χ2n) is 9.83. The predicted octanol–water partition coefficient (Wildman–Crippen LogP) is 4.96. The van der Waals surface area contributed by atoms with Crippen molar-refractivity contribution in [3.63, 3.8) is 0 Å². The average Bonchev–Trinajstić information content (AvgIpc) is 3.32. The van der Waals surface area contributed by atoms with Gasteiger partial charge in [0.1, 0.15) is 12.3 Å². The van der Waals surface area contributed by atoms with Crippen LogP contribution in [0, 0.1) is 5.92 Å². The minimum atomic E-state index is -0.230. The number of hydrogen-bond donors (Lipinski definition) is 1. The SMILES string of the molecule is CC(COc1ccc2cc(-c3cccc(Cl)c3)n(CC(=O)NC(C)C)c(=O)c2c1)CN1CCCC1. The summed E-state index contributed by atoms with van der Waals surface area (Å²) in [7, 11) is 0. The van der Waals surface area contributed by atoms with Gasteiger partial charge in [-0.05, 0) is 81.1 Å². The summed E-state index contributed by atoms with van der Waals surface area (Å²) in [6.45, 7) is 9.85. The average molecular weight is 496 g/mol. The first-order valence-corrected chi connectivity index (χ1v) is 12.8. The predicted molar refractivity (Wildman–Crippen MR) is 142 cm³/mol. The van der Waals surface area contributed by atoms with Crippen molar-refractivity contribution >= 4 is 28.3 Å². The van der Waals surface area contributed by atoms with Gasteiger partial charge in [0.2, 0.25) is 5.91 Å². The van der Waals surface area contributed by atoms with Crippen LogP contribution < -0.4 is 15.6 Å². The van der Waals surface area contributed by atoms with Crippen LogP contribution in [0.15, 0.2) is 53.3 Å². The summed E-state index contributed by atoms with van der Waals surface area (Å²) in [6, 6.07) is 14.8. The normalized spacial score (nSPS) is 15.0. The van der Waals surface area contributed by atoms with Crippen LogP contribution in [0.4, 0.5) is 0 Å². The zero-order valence-electron chi connectivity index (χ0n) is 20.7. The lowest BCUT2D eigenvalue weighted by molar-refractivity contribution is -0.122. The molecule has 1 amide bonds. The Balaban J connectivity index is 1.65. The Hall–Kier alpha value is -2.83. The molecule has 0 spiro atoms. The van der Waals surface area contributed by atoms with Gasteiger partial charge in [0.25, 0.3) is 5.56 Å². The second-order valence-corrected chi connectivity index (χ2v) is 10.3. The molecule has 1 saturated heterocycles. The van der Waals surface area contributed by atoms with E-state index in [0.717, 1.165) is 17.5 Å². The number of amides is 1. The summed E-state index contributed by atoms with van der Waals surface area (Å²) >= 11 is 6.23. The quantitative estimate of drug-likeness (QED) is 0.456. The minimum Gasteiger partial charge on any atom is -0.493 e. The summed E-state index contributed by atoms with van der Waals surface area (Å²) in [5, 5.41) is 4.77. The van der Waals surface area contributed by atoms with Crippen molar-refractivity contribution in [1.29, 1.82) is 0 Å². The molecular formula is C28H34ClN3O3. The summed E-state index contributed by atoms with van der Waals surface area (Å²) in [6.07, 6.45) is 2.55. The number of pyridine rings is 1. The van der Waals surface area contributed by atoms with Crippen LogP contribution >= 0.6 is 11.6 Å². The Labute approximate surface area is 211 Å². The summed E-state index contributed by atoms with van der Waals surface area (Å²) in [5.74, 6) is 0.842. The van der Waals surface area contributed by atoms with Crippen molar-refractivity contribution in [1.82, 2.24) is 14.8 Å². The Morgan fingerprint density at radius 1 is 1.09 bits per heavy atom. The standard InChI is InChI=1S/C28H34ClN3O3/c1-19(2)30-27(33)17-32-26(22-7-6-8-23(29)13-22)14-21-9-10-24(15-25(21)28(32)34)35-18-20(3)16-31-11-4-5-12-31/h6-10,13-15,19-20H,4-5,11-12,16-18H2,1-3H3,(H,30,33). The Morgan fingerprint density at radius 2 is 1.86 bits per heavy atom. The summed E-state index contributed by atoms with van der Waals surface area (Å²) < 4.78 is 7.59. The van der Waals surface area contributed by atoms with Gasteiger partial charge in [0, 0.05) is 23.5 Å². The third kappa shape index (κ3) is 6.44. The van der Waals surface area contributed by atoms with Gasteiger partial charge in [0.05, 0.1) is 17.7 Å². The van der Waals surface area contributed by atoms with Crippen LogP contribution in [-0.4, -0.2) is 47.7 Å². The maximum atomic E-state index is 13.6. The van der Waals surface area contributed by atoms with E-state index in [1.807, 2.05) is 44.2 Å². The van der Waals surface area contributed by atoms with E-state index in [9.17, 15) is 9.59 Å². The highest BCUT2D eigenvalue weighted by Gasteiger charge is 2.17. The monoisotopic (exact) mass is 495 g/mol. The molecule has 3 aromatic rings. The molecule has 6 nitrogen and oxygen atoms in total. The molecule has 35 heavy (non-hydrogen) atoms. The molecule has 0 aliphatic carbocycles. The van der Waals surface area contributed by atoms with E-state index in [2.05, 4.69) is 17.1 Å². The molecule has 0 radical (unpaired) electrons. The van der Waals surface area contributed by atoms with E-state index in [0.29, 0.717) is 34.4 Å². The zero-order valence-corrected chi connectivity index (χ0v) is 21.5. The molecule has 1 aromatic heterocycles. The Kier molecular flexibility index (Phi) is 8.14. The highest BCUT2D eigenvalue weighted by atomic mass is 35.5. The van der Waals surface area contributed by atoms with Crippen molar-refractivity contribution in [2.75, 3.05) is 26.2 Å². The fourth-order valence-corrected chi connectivity index (χ4v) is 4.86. The number of hydrogen-bond acceptors (Lipinski definition) is 4. The Bertz CT molecular complexity index is 1250. The van der Waals surface area contributed by atoms with E-state index in [-0.39, 0.29) is 24.1 Å². The highest BCUT2D eigenvalue weighted by molar-refractivity contribution is 6.30. The summed E-state index contributed by atoms with van der Waals surface area (Å²) in [5.41, 5.74) is 1.20. The number of fused-ring (bicyclic) bond motifs is 1. The fourth-order valence-electron chi connectivity index (χ4n) is 4.67. The first-order chi connectivity index (χ1) is 16.8. The molecule has 1 aliphatic rings. The van der Waals surface area contributed by atoms with Crippen molar-refractivity contribution in [3.8, 4) is 17.0 Å². The maximum absolute atomic E-state index is 13.6. The van der Waals surface area contributed by atoms with Gasteiger partial charge >= 0.3 is 0 Å². The molecule has 186 valence electrons. The number of carbonyl (C=O) groups excluding carboxylic acids is 1. The smallest absolute Gasteiger partial charge is 0.259 e. The van der Waals surface area contributed by atoms with Crippen LogP contribution in [0.1, 0.15) is 33.6 Å². The molecule has 2 heterocycles. The molecule has 2 aromatic carbocycles. The van der Waals surface area contributed by atoms with Gasteiger partial charge < -0.3 is 15.0 Å². The number of carbonyl (C=O) groups is 1. The van der Waals surface area contributed by atoms with Gasteiger partial charge in [0.15, 0.2) is 0 Å². The van der Waals surface area contributed by atoms with E-state index < -0.39 is 0 Å². The molecule has 0 saturated carbocycles. The first-order valence-electron chi connectivity index (χ1n) is 12.4. The lowest BCUT2D eigenvalue weighted by atomic mass is 10.1. The molecule has 1 atom stereocenters. The number of rotatable bonds is 9. The van der Waals surface area contributed by atoms with Crippen molar-refractivity contribution < 1.29 is 9.53 Å². The third-order valence-corrected chi connectivity index (χ3v) is 6.49. The van der Waals surface area contributed by atoms with Crippen LogP contribution in [0.5, 0.6) is 5.75 Å². The molecule has 1 N–H and O–H groups in total. The van der Waals surface area contributed by atoms with E-state index in [1.165, 1.54) is 30.5 Å². The number of likely N-dealkylation sites (tertiary alicyclic amines) is 1. The molecule has 1 aliphatic heterocycles. The van der Waals surface area contributed by atoms with Crippen molar-refractivity contribution in [2.45, 2.75) is 46.2 Å². The first kappa shape index (κ1) is 25.3. The second kappa shape index (κ2) is 11.3. The molecule has 1 fully saturated rings. The molecule has 7 heteroatoms. The molecule has 0 bridgehead atoms. The van der Waals surface area contributed by atoms with E-state index >= 15 is 0 Å². The molecular weight excluding hydrogens is 462 g/mol. The van der Waals surface area contributed by atoms with Crippen molar-refractivity contribution in [3.05, 3.63) is 63.9 Å². The number of benzene rings is 2. The topological polar surface area (TPSA) is 63.6 Å². The third-order valence-electron chi connectivity index (χ3n) is 6.26. The van der Waals surface area contributed by atoms with E-state index in [4.69, 9.17) is 16.3 Å². The van der Waals surface area contributed by atoms with Gasteiger partial charge in [-0.25, -0.2) is 0 Å². The number of ether oxygens (including phenoxy) is 1.